The Balaban J connectivity index is 2.78. The first-order valence-electron chi connectivity index (χ1n) is 6.13. The molecule has 108 valence electrons. The summed E-state index contributed by atoms with van der Waals surface area (Å²) in [6.07, 6.45) is -0.846. The lowest BCUT2D eigenvalue weighted by Crippen LogP contribution is -2.18. The topological polar surface area (TPSA) is 35.2 Å². The van der Waals surface area contributed by atoms with Gasteiger partial charge in [0, 0.05) is 10.5 Å². The van der Waals surface area contributed by atoms with Gasteiger partial charge in [-0.15, -0.1) is 13.2 Å². The smallest absolute Gasteiger partial charge is 0.406 e. The van der Waals surface area contributed by atoms with Crippen molar-refractivity contribution in [1.29, 1.82) is 0 Å². The number of halogens is 4. The van der Waals surface area contributed by atoms with Crippen molar-refractivity contribution in [3.8, 4) is 5.75 Å². The number of rotatable bonds is 6. The van der Waals surface area contributed by atoms with E-state index in [1.54, 1.807) is 6.07 Å². The van der Waals surface area contributed by atoms with Crippen LogP contribution in [0.5, 0.6) is 5.75 Å². The Bertz CT molecular complexity index is 409. The van der Waals surface area contributed by atoms with Crippen molar-refractivity contribution in [2.75, 3.05) is 0 Å². The van der Waals surface area contributed by atoms with Gasteiger partial charge in [0.2, 0.25) is 0 Å². The Kier molecular flexibility index (Phi) is 6.13. The van der Waals surface area contributed by atoms with Crippen molar-refractivity contribution >= 4 is 15.9 Å². The zero-order valence-electron chi connectivity index (χ0n) is 10.6. The second-order valence-corrected chi connectivity index (χ2v) is 5.29. The highest BCUT2D eigenvalue weighted by molar-refractivity contribution is 9.10. The van der Waals surface area contributed by atoms with Crippen molar-refractivity contribution in [3.63, 3.8) is 0 Å². The van der Waals surface area contributed by atoms with E-state index in [-0.39, 0.29) is 11.8 Å². The Morgan fingerprint density at radius 2 is 1.95 bits per heavy atom. The Morgan fingerprint density at radius 3 is 2.53 bits per heavy atom. The lowest BCUT2D eigenvalue weighted by atomic mass is 10.0. The molecule has 0 saturated carbocycles. The van der Waals surface area contributed by atoms with Gasteiger partial charge in [0.1, 0.15) is 5.75 Å². The van der Waals surface area contributed by atoms with Gasteiger partial charge in [-0.2, -0.15) is 0 Å². The van der Waals surface area contributed by atoms with E-state index < -0.39 is 6.36 Å². The summed E-state index contributed by atoms with van der Waals surface area (Å²) in [5.74, 6) is -0.247. The first-order chi connectivity index (χ1) is 8.81. The Hall–Kier alpha value is -0.750. The molecule has 19 heavy (non-hydrogen) atoms. The number of ether oxygens (including phenoxy) is 1. The maximum atomic E-state index is 12.2. The summed E-state index contributed by atoms with van der Waals surface area (Å²) in [5, 5.41) is 0. The van der Waals surface area contributed by atoms with Gasteiger partial charge in [-0.1, -0.05) is 42.1 Å². The minimum absolute atomic E-state index is 0.247. The summed E-state index contributed by atoms with van der Waals surface area (Å²) in [4.78, 5) is 0. The summed E-state index contributed by atoms with van der Waals surface area (Å²) < 4.78 is 41.0. The highest BCUT2D eigenvalue weighted by Crippen LogP contribution is 2.30. The minimum Gasteiger partial charge on any atom is -0.406 e. The van der Waals surface area contributed by atoms with Gasteiger partial charge in [-0.25, -0.2) is 0 Å². The van der Waals surface area contributed by atoms with Crippen molar-refractivity contribution in [2.45, 2.75) is 45.0 Å². The molecule has 0 radical (unpaired) electrons. The monoisotopic (exact) mass is 339 g/mol. The number of unbranched alkanes of at least 4 members (excludes halogenated alkanes) is 2. The molecule has 1 aromatic rings. The second kappa shape index (κ2) is 7.14. The van der Waals surface area contributed by atoms with E-state index >= 15 is 0 Å². The van der Waals surface area contributed by atoms with Crippen molar-refractivity contribution < 1.29 is 17.9 Å². The number of benzene rings is 1. The molecule has 0 heterocycles. The quantitative estimate of drug-likeness (QED) is 0.746. The van der Waals surface area contributed by atoms with Crippen LogP contribution in [0.25, 0.3) is 0 Å². The third kappa shape index (κ3) is 6.29. The molecule has 1 rings (SSSR count). The van der Waals surface area contributed by atoms with Crippen LogP contribution >= 0.6 is 15.9 Å². The van der Waals surface area contributed by atoms with Crippen LogP contribution in [-0.4, -0.2) is 6.36 Å². The molecule has 0 bridgehead atoms. The van der Waals surface area contributed by atoms with Gasteiger partial charge in [0.25, 0.3) is 0 Å². The lowest BCUT2D eigenvalue weighted by Gasteiger charge is -2.15. The standard InChI is InChI=1S/C13H17BrF3NO/c1-2-3-4-5-12(18)9-6-10(14)8-11(7-9)19-13(15,16)17/h6-8,12H,2-5,18H2,1H3/t12-/m1/s1. The average molecular weight is 340 g/mol. The van der Waals surface area contributed by atoms with Crippen LogP contribution < -0.4 is 10.5 Å². The van der Waals surface area contributed by atoms with E-state index in [2.05, 4.69) is 27.6 Å². The molecule has 2 nitrogen and oxygen atoms in total. The van der Waals surface area contributed by atoms with Crippen molar-refractivity contribution in [3.05, 3.63) is 28.2 Å². The maximum absolute atomic E-state index is 12.2. The second-order valence-electron chi connectivity index (χ2n) is 4.37. The molecular formula is C13H17BrF3NO. The number of nitrogens with two attached hydrogens (primary N) is 1. The summed E-state index contributed by atoms with van der Waals surface area (Å²) in [5.41, 5.74) is 6.62. The number of hydrogen-bond acceptors (Lipinski definition) is 2. The molecule has 0 unspecified atom stereocenters. The summed E-state index contributed by atoms with van der Waals surface area (Å²) >= 11 is 3.17. The van der Waals surface area contributed by atoms with Crippen LogP contribution in [-0.2, 0) is 0 Å². The fourth-order valence-corrected chi connectivity index (χ4v) is 2.26. The normalized spacial score (nSPS) is 13.4. The van der Waals surface area contributed by atoms with Gasteiger partial charge >= 0.3 is 6.36 Å². The van der Waals surface area contributed by atoms with Crippen LogP contribution in [0, 0.1) is 0 Å². The molecule has 1 aromatic carbocycles. The van der Waals surface area contributed by atoms with Crippen molar-refractivity contribution in [2.24, 2.45) is 5.73 Å². The summed E-state index contributed by atoms with van der Waals surface area (Å²) in [6.45, 7) is 2.08. The maximum Gasteiger partial charge on any atom is 0.573 e. The fraction of sp³-hybridized carbons (Fsp3) is 0.538. The van der Waals surface area contributed by atoms with E-state index in [0.717, 1.165) is 25.7 Å². The fourth-order valence-electron chi connectivity index (χ4n) is 1.77. The molecule has 6 heteroatoms. The predicted octanol–water partition coefficient (Wildman–Crippen LogP) is 4.93. The average Bonchev–Trinajstić information content (AvgIpc) is 2.26. The van der Waals surface area contributed by atoms with Crippen LogP contribution in [0.2, 0.25) is 0 Å². The third-order valence-electron chi connectivity index (χ3n) is 2.67. The molecule has 0 aliphatic rings. The molecule has 0 fully saturated rings. The zero-order valence-corrected chi connectivity index (χ0v) is 12.2. The van der Waals surface area contributed by atoms with E-state index in [0.29, 0.717) is 10.0 Å². The predicted molar refractivity (Wildman–Crippen MR) is 71.9 cm³/mol. The summed E-state index contributed by atoms with van der Waals surface area (Å²) in [6, 6.07) is 4.06. The largest absolute Gasteiger partial charge is 0.573 e. The van der Waals surface area contributed by atoms with E-state index in [9.17, 15) is 13.2 Å². The first-order valence-corrected chi connectivity index (χ1v) is 6.93. The van der Waals surface area contributed by atoms with Gasteiger partial charge in [0.15, 0.2) is 0 Å². The number of alkyl halides is 3. The molecule has 1 atom stereocenters. The lowest BCUT2D eigenvalue weighted by molar-refractivity contribution is -0.274. The Morgan fingerprint density at radius 1 is 1.26 bits per heavy atom. The van der Waals surface area contributed by atoms with Crippen LogP contribution in [0.15, 0.2) is 22.7 Å². The van der Waals surface area contributed by atoms with Gasteiger partial charge in [-0.05, 0) is 30.2 Å². The molecule has 0 aliphatic carbocycles. The molecule has 0 aliphatic heterocycles. The Labute approximate surface area is 119 Å². The highest BCUT2D eigenvalue weighted by Gasteiger charge is 2.31. The first kappa shape index (κ1) is 16.3. The van der Waals surface area contributed by atoms with Crippen LogP contribution in [0.1, 0.15) is 44.2 Å². The molecule has 2 N–H and O–H groups in total. The van der Waals surface area contributed by atoms with E-state index in [1.165, 1.54) is 12.1 Å². The van der Waals surface area contributed by atoms with E-state index in [4.69, 9.17) is 5.73 Å². The van der Waals surface area contributed by atoms with Crippen LogP contribution in [0.3, 0.4) is 0 Å². The molecule has 0 saturated heterocycles. The third-order valence-corrected chi connectivity index (χ3v) is 3.13. The minimum atomic E-state index is -4.69. The highest BCUT2D eigenvalue weighted by atomic mass is 79.9. The molecular weight excluding hydrogens is 323 g/mol. The van der Waals surface area contributed by atoms with Gasteiger partial charge in [0.05, 0.1) is 0 Å². The van der Waals surface area contributed by atoms with E-state index in [1.807, 2.05) is 0 Å². The van der Waals surface area contributed by atoms with Crippen molar-refractivity contribution in [1.82, 2.24) is 0 Å². The molecule has 0 amide bonds. The van der Waals surface area contributed by atoms with Gasteiger partial charge in [-0.3, -0.25) is 0 Å². The number of hydrogen-bond donors (Lipinski definition) is 1. The SMILES string of the molecule is CCCCC[C@@H](N)c1cc(Br)cc(OC(F)(F)F)c1. The van der Waals surface area contributed by atoms with Gasteiger partial charge < -0.3 is 10.5 Å². The van der Waals surface area contributed by atoms with Crippen LogP contribution in [0.4, 0.5) is 13.2 Å². The molecule has 0 aromatic heterocycles. The summed E-state index contributed by atoms with van der Waals surface area (Å²) in [7, 11) is 0. The molecule has 0 spiro atoms. The zero-order chi connectivity index (χ0) is 14.5.